The first-order chi connectivity index (χ1) is 20.1. The second-order valence-electron chi connectivity index (χ2n) is 11.2. The van der Waals surface area contributed by atoms with Gasteiger partial charge in [-0.05, 0) is 38.7 Å². The molecule has 3 amide bonds. The Labute approximate surface area is 260 Å². The van der Waals surface area contributed by atoms with Gasteiger partial charge >= 0.3 is 12.1 Å². The molecule has 0 radical (unpaired) electrons. The molecular formula is C28H42N4O9S2. The standard InChI is InChI=1S/C28H42N4O9S2/c1-7-16(2)22(25(36)40-6)30-21(34)15-20(33)19(14-17-8-10-18(11-9-17)32(38)39)29-24(35)23(26-42-12-13-43-26)31-27(37)41-28(3,4)5/h8-11,16,19-20,22-23,26,33H,7,12-15H2,1-6H3,(H,29,35)(H,30,34)(H,31,37)/t16-,19-,20-,22-,23+/m0/s1. The zero-order chi connectivity index (χ0) is 32.3. The average molecular weight is 643 g/mol. The van der Waals surface area contributed by atoms with Crippen LogP contribution < -0.4 is 16.0 Å². The number of alkyl carbamates (subject to hydrolysis) is 1. The van der Waals surface area contributed by atoms with Crippen molar-refractivity contribution < 1.29 is 38.7 Å². The Kier molecular flexibility index (Phi) is 14.1. The van der Waals surface area contributed by atoms with Gasteiger partial charge in [0.2, 0.25) is 11.8 Å². The molecule has 15 heteroatoms. The van der Waals surface area contributed by atoms with E-state index in [1.807, 2.05) is 6.92 Å². The molecule has 1 fully saturated rings. The molecule has 0 aliphatic carbocycles. The van der Waals surface area contributed by atoms with Crippen LogP contribution >= 0.6 is 23.5 Å². The summed E-state index contributed by atoms with van der Waals surface area (Å²) in [6.45, 7) is 8.75. The normalized spacial score (nSPS) is 17.1. The monoisotopic (exact) mass is 642 g/mol. The molecule has 5 atom stereocenters. The van der Waals surface area contributed by atoms with Crippen LogP contribution in [0.3, 0.4) is 0 Å². The summed E-state index contributed by atoms with van der Waals surface area (Å²) in [6.07, 6.45) is -2.04. The lowest BCUT2D eigenvalue weighted by atomic mass is 9.96. The third kappa shape index (κ3) is 11.9. The molecule has 43 heavy (non-hydrogen) atoms. The summed E-state index contributed by atoms with van der Waals surface area (Å²) >= 11 is 3.01. The van der Waals surface area contributed by atoms with Crippen molar-refractivity contribution in [1.82, 2.24) is 16.0 Å². The highest BCUT2D eigenvalue weighted by Gasteiger charge is 2.37. The van der Waals surface area contributed by atoms with Crippen LogP contribution in [-0.2, 0) is 30.3 Å². The SMILES string of the molecule is CC[C@H](C)[C@H](NC(=O)C[C@H](O)[C@H](Cc1ccc([N+](=O)[O-])cc1)NC(=O)[C@@H](NC(=O)OC(C)(C)C)C1SCCS1)C(=O)OC. The highest BCUT2D eigenvalue weighted by molar-refractivity contribution is 8.20. The van der Waals surface area contributed by atoms with Crippen LogP contribution in [-0.4, -0.2) is 86.9 Å². The minimum absolute atomic E-state index is 0.0219. The lowest BCUT2D eigenvalue weighted by Gasteiger charge is -2.30. The van der Waals surface area contributed by atoms with Gasteiger partial charge < -0.3 is 30.5 Å². The number of carbonyl (C=O) groups is 4. The number of hydrogen-bond acceptors (Lipinski definition) is 11. The van der Waals surface area contributed by atoms with E-state index in [1.54, 1.807) is 27.7 Å². The van der Waals surface area contributed by atoms with Crippen molar-refractivity contribution in [2.45, 2.75) is 88.3 Å². The molecule has 1 aromatic carbocycles. The maximum Gasteiger partial charge on any atom is 0.408 e. The highest BCUT2D eigenvalue weighted by Crippen LogP contribution is 2.34. The third-order valence-electron chi connectivity index (χ3n) is 6.65. The number of nitro groups is 1. The van der Waals surface area contributed by atoms with Gasteiger partial charge in [-0.1, -0.05) is 32.4 Å². The van der Waals surface area contributed by atoms with Crippen LogP contribution in [0.25, 0.3) is 0 Å². The Bertz CT molecular complexity index is 1120. The van der Waals surface area contributed by atoms with Gasteiger partial charge in [0.1, 0.15) is 17.7 Å². The molecule has 1 aromatic rings. The molecule has 1 heterocycles. The summed E-state index contributed by atoms with van der Waals surface area (Å²) in [5.74, 6) is -0.503. The van der Waals surface area contributed by atoms with Gasteiger partial charge in [-0.15, -0.1) is 23.5 Å². The number of amides is 3. The third-order valence-corrected chi connectivity index (χ3v) is 9.80. The molecular weight excluding hydrogens is 600 g/mol. The van der Waals surface area contributed by atoms with Gasteiger partial charge in [-0.2, -0.15) is 0 Å². The van der Waals surface area contributed by atoms with Crippen LogP contribution in [0.5, 0.6) is 0 Å². The van der Waals surface area contributed by atoms with Gasteiger partial charge in [0.05, 0.1) is 35.2 Å². The second-order valence-corrected chi connectivity index (χ2v) is 14.0. The summed E-state index contributed by atoms with van der Waals surface area (Å²) in [5.41, 5.74) is -0.357. The number of methoxy groups -OCH3 is 1. The fourth-order valence-electron chi connectivity index (χ4n) is 4.18. The smallest absolute Gasteiger partial charge is 0.408 e. The van der Waals surface area contributed by atoms with E-state index in [1.165, 1.54) is 54.9 Å². The quantitative estimate of drug-likeness (QED) is 0.133. The van der Waals surface area contributed by atoms with Crippen LogP contribution in [0.15, 0.2) is 24.3 Å². The average Bonchev–Trinajstić information content (AvgIpc) is 3.47. The molecule has 0 spiro atoms. The van der Waals surface area contributed by atoms with E-state index < -0.39 is 65.1 Å². The number of nitrogens with zero attached hydrogens (tertiary/aromatic N) is 1. The number of nitrogens with one attached hydrogen (secondary N) is 3. The Morgan fingerprint density at radius 1 is 1.09 bits per heavy atom. The zero-order valence-corrected chi connectivity index (χ0v) is 26.9. The van der Waals surface area contributed by atoms with Gasteiger partial charge in [0, 0.05) is 23.6 Å². The number of nitro benzene ring substituents is 1. The number of esters is 1. The lowest BCUT2D eigenvalue weighted by Crippen LogP contribution is -2.57. The van der Waals surface area contributed by atoms with E-state index >= 15 is 0 Å². The van der Waals surface area contributed by atoms with Crippen molar-refractivity contribution in [1.29, 1.82) is 0 Å². The Balaban J connectivity index is 2.29. The predicted octanol–water partition coefficient (Wildman–Crippen LogP) is 2.78. The topological polar surface area (TPSA) is 186 Å². The van der Waals surface area contributed by atoms with Gasteiger partial charge in [0.15, 0.2) is 0 Å². The Morgan fingerprint density at radius 3 is 2.21 bits per heavy atom. The number of thioether (sulfide) groups is 2. The molecule has 2 rings (SSSR count). The van der Waals surface area contributed by atoms with Gasteiger partial charge in [0.25, 0.3) is 5.69 Å². The molecule has 1 aliphatic heterocycles. The first-order valence-electron chi connectivity index (χ1n) is 14.0. The van der Waals surface area contributed by atoms with E-state index in [9.17, 15) is 34.4 Å². The number of benzene rings is 1. The zero-order valence-electron chi connectivity index (χ0n) is 25.3. The van der Waals surface area contributed by atoms with E-state index in [0.717, 1.165) is 11.5 Å². The van der Waals surface area contributed by atoms with Gasteiger partial charge in [-0.25, -0.2) is 9.59 Å². The van der Waals surface area contributed by atoms with Crippen molar-refractivity contribution in [3.63, 3.8) is 0 Å². The number of rotatable bonds is 14. The minimum atomic E-state index is -1.42. The number of aliphatic hydroxyl groups is 1. The number of aliphatic hydroxyl groups excluding tert-OH is 1. The largest absolute Gasteiger partial charge is 0.467 e. The molecule has 0 unspecified atom stereocenters. The van der Waals surface area contributed by atoms with Gasteiger partial charge in [-0.3, -0.25) is 19.7 Å². The summed E-state index contributed by atoms with van der Waals surface area (Å²) in [6, 6.07) is 2.65. The Morgan fingerprint density at radius 2 is 1.70 bits per heavy atom. The fraction of sp³-hybridized carbons (Fsp3) is 0.643. The second kappa shape index (κ2) is 16.7. The van der Waals surface area contributed by atoms with E-state index in [4.69, 9.17) is 9.47 Å². The number of hydrogen-bond donors (Lipinski definition) is 4. The molecule has 0 saturated carbocycles. The molecule has 0 bridgehead atoms. The molecule has 240 valence electrons. The lowest BCUT2D eigenvalue weighted by molar-refractivity contribution is -0.384. The van der Waals surface area contributed by atoms with Crippen LogP contribution in [0.4, 0.5) is 10.5 Å². The van der Waals surface area contributed by atoms with Crippen molar-refractivity contribution >= 4 is 53.1 Å². The van der Waals surface area contributed by atoms with Crippen LogP contribution in [0.1, 0.15) is 53.0 Å². The molecule has 13 nitrogen and oxygen atoms in total. The first kappa shape index (κ1) is 36.2. The van der Waals surface area contributed by atoms with E-state index in [0.29, 0.717) is 12.0 Å². The van der Waals surface area contributed by atoms with Crippen molar-refractivity contribution in [3.05, 3.63) is 39.9 Å². The van der Waals surface area contributed by atoms with Crippen molar-refractivity contribution in [3.8, 4) is 0 Å². The summed E-state index contributed by atoms with van der Waals surface area (Å²) in [5, 5.41) is 30.3. The molecule has 1 saturated heterocycles. The van der Waals surface area contributed by atoms with E-state index in [2.05, 4.69) is 16.0 Å². The number of carbonyl (C=O) groups excluding carboxylic acids is 4. The first-order valence-corrected chi connectivity index (χ1v) is 16.1. The number of non-ortho nitro benzene ring substituents is 1. The Hall–Kier alpha value is -3.04. The van der Waals surface area contributed by atoms with Crippen molar-refractivity contribution in [2.75, 3.05) is 18.6 Å². The predicted molar refractivity (Wildman–Crippen MR) is 165 cm³/mol. The molecule has 0 aromatic heterocycles. The van der Waals surface area contributed by atoms with Crippen LogP contribution in [0, 0.1) is 16.0 Å². The minimum Gasteiger partial charge on any atom is -0.467 e. The fourth-order valence-corrected chi connectivity index (χ4v) is 7.15. The van der Waals surface area contributed by atoms with Crippen LogP contribution in [0.2, 0.25) is 0 Å². The number of ether oxygens (including phenoxy) is 2. The maximum absolute atomic E-state index is 13.6. The maximum atomic E-state index is 13.6. The molecule has 1 aliphatic rings. The summed E-state index contributed by atoms with van der Waals surface area (Å²) in [4.78, 5) is 62.0. The van der Waals surface area contributed by atoms with E-state index in [-0.39, 0.29) is 22.6 Å². The van der Waals surface area contributed by atoms with Crippen molar-refractivity contribution in [2.24, 2.45) is 5.92 Å². The summed E-state index contributed by atoms with van der Waals surface area (Å²) < 4.78 is 9.86. The highest BCUT2D eigenvalue weighted by atomic mass is 32.2. The summed E-state index contributed by atoms with van der Waals surface area (Å²) in [7, 11) is 1.22. The molecule has 4 N–H and O–H groups in total.